The summed E-state index contributed by atoms with van der Waals surface area (Å²) in [5.41, 5.74) is 4.60. The van der Waals surface area contributed by atoms with E-state index < -0.39 is 10.8 Å². The number of aromatic nitrogens is 1. The Labute approximate surface area is 190 Å². The van der Waals surface area contributed by atoms with E-state index in [0.717, 1.165) is 16.6 Å². The first kappa shape index (κ1) is 22.0. The number of nitro benzene ring substituents is 1. The van der Waals surface area contributed by atoms with Gasteiger partial charge in [0.05, 0.1) is 4.92 Å². The first-order valence-corrected chi connectivity index (χ1v) is 10.5. The van der Waals surface area contributed by atoms with E-state index in [9.17, 15) is 14.9 Å². The molecule has 0 bridgehead atoms. The van der Waals surface area contributed by atoms with Gasteiger partial charge in [0.25, 0.3) is 5.91 Å². The fourth-order valence-electron chi connectivity index (χ4n) is 3.38. The molecule has 33 heavy (non-hydrogen) atoms. The molecule has 0 saturated carbocycles. The highest BCUT2D eigenvalue weighted by atomic mass is 16.6. The van der Waals surface area contributed by atoms with Gasteiger partial charge in [-0.25, -0.2) is 4.98 Å². The molecule has 0 fully saturated rings. The van der Waals surface area contributed by atoms with Gasteiger partial charge in [0.1, 0.15) is 5.52 Å². The molecule has 1 aromatic heterocycles. The van der Waals surface area contributed by atoms with Crippen molar-refractivity contribution in [3.8, 4) is 17.2 Å². The van der Waals surface area contributed by atoms with Crippen LogP contribution in [0.5, 0.6) is 5.75 Å². The second-order valence-electron chi connectivity index (χ2n) is 7.99. The van der Waals surface area contributed by atoms with Gasteiger partial charge >= 0.3 is 5.69 Å². The van der Waals surface area contributed by atoms with E-state index in [1.54, 1.807) is 12.1 Å². The SMILES string of the molecule is Cc1ccc(-c2nc3cc(C(C)C)ccc3o2)cc1NC(=O)COc1ccccc1[N+](=O)[O-]. The van der Waals surface area contributed by atoms with Gasteiger partial charge in [0, 0.05) is 17.3 Å². The number of anilines is 1. The average Bonchev–Trinajstić information content (AvgIpc) is 3.22. The molecule has 0 aliphatic heterocycles. The summed E-state index contributed by atoms with van der Waals surface area (Å²) in [6.07, 6.45) is 0. The molecule has 1 N–H and O–H groups in total. The predicted octanol–water partition coefficient (Wildman–Crippen LogP) is 5.85. The Morgan fingerprint density at radius 2 is 1.94 bits per heavy atom. The van der Waals surface area contributed by atoms with Crippen LogP contribution in [0, 0.1) is 17.0 Å². The van der Waals surface area contributed by atoms with Crippen molar-refractivity contribution < 1.29 is 18.9 Å². The number of nitrogens with one attached hydrogen (secondary N) is 1. The first-order chi connectivity index (χ1) is 15.8. The number of benzene rings is 3. The minimum Gasteiger partial charge on any atom is -0.477 e. The number of hydrogen-bond acceptors (Lipinski definition) is 6. The maximum atomic E-state index is 12.5. The lowest BCUT2D eigenvalue weighted by atomic mass is 10.0. The average molecular weight is 445 g/mol. The summed E-state index contributed by atoms with van der Waals surface area (Å²) in [5.74, 6) is 0.441. The number of aryl methyl sites for hydroxylation is 1. The van der Waals surface area contributed by atoms with E-state index in [1.165, 1.54) is 23.8 Å². The lowest BCUT2D eigenvalue weighted by Crippen LogP contribution is -2.21. The molecule has 0 unspecified atom stereocenters. The van der Waals surface area contributed by atoms with Crippen LogP contribution in [0.2, 0.25) is 0 Å². The molecule has 0 radical (unpaired) electrons. The Hall–Kier alpha value is -4.20. The highest BCUT2D eigenvalue weighted by Gasteiger charge is 2.16. The van der Waals surface area contributed by atoms with Crippen molar-refractivity contribution in [2.45, 2.75) is 26.7 Å². The highest BCUT2D eigenvalue weighted by molar-refractivity contribution is 5.93. The quantitative estimate of drug-likeness (QED) is 0.282. The number of fused-ring (bicyclic) bond motifs is 1. The van der Waals surface area contributed by atoms with E-state index >= 15 is 0 Å². The molecule has 4 rings (SSSR count). The summed E-state index contributed by atoms with van der Waals surface area (Å²) in [5, 5.41) is 13.9. The number of oxazole rings is 1. The van der Waals surface area contributed by atoms with Gasteiger partial charge in [-0.3, -0.25) is 14.9 Å². The Morgan fingerprint density at radius 1 is 1.15 bits per heavy atom. The van der Waals surface area contributed by atoms with Crippen LogP contribution in [0.15, 0.2) is 65.1 Å². The summed E-state index contributed by atoms with van der Waals surface area (Å²) in [4.78, 5) is 27.6. The van der Waals surface area contributed by atoms with Crippen LogP contribution in [-0.4, -0.2) is 22.4 Å². The monoisotopic (exact) mass is 445 g/mol. The van der Waals surface area contributed by atoms with Gasteiger partial charge in [-0.05, 0) is 54.3 Å². The second kappa shape index (κ2) is 9.12. The van der Waals surface area contributed by atoms with Gasteiger partial charge in [-0.2, -0.15) is 0 Å². The zero-order chi connectivity index (χ0) is 23.5. The maximum absolute atomic E-state index is 12.5. The fraction of sp³-hybridized carbons (Fsp3) is 0.200. The first-order valence-electron chi connectivity index (χ1n) is 10.5. The van der Waals surface area contributed by atoms with Gasteiger partial charge in [-0.15, -0.1) is 0 Å². The standard InChI is InChI=1S/C25H23N3O5/c1-15(2)17-10-11-22-20(12-17)27-25(33-22)18-9-8-16(3)19(13-18)26-24(29)14-32-23-7-5-4-6-21(23)28(30)31/h4-13,15H,14H2,1-3H3,(H,26,29). The molecule has 168 valence electrons. The van der Waals surface area contributed by atoms with Crippen LogP contribution < -0.4 is 10.1 Å². The normalized spacial score (nSPS) is 11.0. The largest absolute Gasteiger partial charge is 0.477 e. The summed E-state index contributed by atoms with van der Waals surface area (Å²) >= 11 is 0. The van der Waals surface area contributed by atoms with Gasteiger partial charge in [0.2, 0.25) is 5.89 Å². The van der Waals surface area contributed by atoms with Crippen LogP contribution in [0.3, 0.4) is 0 Å². The molecule has 0 atom stereocenters. The topological polar surface area (TPSA) is 108 Å². The molecule has 3 aromatic carbocycles. The Bertz CT molecular complexity index is 1340. The van der Waals surface area contributed by atoms with Crippen LogP contribution in [0.1, 0.15) is 30.9 Å². The van der Waals surface area contributed by atoms with Gasteiger partial charge < -0.3 is 14.5 Å². The molecular formula is C25H23N3O5. The number of hydrogen-bond donors (Lipinski definition) is 1. The molecule has 0 saturated heterocycles. The van der Waals surface area contributed by atoms with E-state index in [1.807, 2.05) is 37.3 Å². The Balaban J connectivity index is 1.51. The number of ether oxygens (including phenoxy) is 1. The molecule has 0 aliphatic rings. The summed E-state index contributed by atoms with van der Waals surface area (Å²) in [6.45, 7) is 5.74. The van der Waals surface area contributed by atoms with Crippen molar-refractivity contribution in [1.82, 2.24) is 4.98 Å². The predicted molar refractivity (Wildman–Crippen MR) is 125 cm³/mol. The van der Waals surface area contributed by atoms with Gasteiger partial charge in [0.15, 0.2) is 17.9 Å². The smallest absolute Gasteiger partial charge is 0.310 e. The number of rotatable bonds is 7. The zero-order valence-corrected chi connectivity index (χ0v) is 18.5. The molecular weight excluding hydrogens is 422 g/mol. The number of para-hydroxylation sites is 2. The third kappa shape index (κ3) is 4.85. The minimum atomic E-state index is -0.550. The molecule has 4 aromatic rings. The number of carbonyl (C=O) groups is 1. The van der Waals surface area contributed by atoms with Crippen LogP contribution in [0.25, 0.3) is 22.6 Å². The third-order valence-electron chi connectivity index (χ3n) is 5.26. The summed E-state index contributed by atoms with van der Waals surface area (Å²) in [6, 6.07) is 17.4. The third-order valence-corrected chi connectivity index (χ3v) is 5.26. The van der Waals surface area contributed by atoms with Crippen molar-refractivity contribution in [3.63, 3.8) is 0 Å². The van der Waals surface area contributed by atoms with E-state index in [2.05, 4.69) is 24.1 Å². The maximum Gasteiger partial charge on any atom is 0.310 e. The van der Waals surface area contributed by atoms with Crippen LogP contribution in [-0.2, 0) is 4.79 Å². The van der Waals surface area contributed by atoms with Gasteiger partial charge in [-0.1, -0.05) is 38.1 Å². The van der Waals surface area contributed by atoms with Crippen LogP contribution in [0.4, 0.5) is 11.4 Å². The van der Waals surface area contributed by atoms with E-state index in [4.69, 9.17) is 9.15 Å². The van der Waals surface area contributed by atoms with E-state index in [0.29, 0.717) is 23.1 Å². The van der Waals surface area contributed by atoms with Crippen molar-refractivity contribution in [1.29, 1.82) is 0 Å². The van der Waals surface area contributed by atoms with Crippen LogP contribution >= 0.6 is 0 Å². The highest BCUT2D eigenvalue weighted by Crippen LogP contribution is 2.30. The lowest BCUT2D eigenvalue weighted by molar-refractivity contribution is -0.385. The molecule has 1 heterocycles. The molecule has 1 amide bonds. The molecule has 0 spiro atoms. The molecule has 0 aliphatic carbocycles. The molecule has 8 heteroatoms. The van der Waals surface area contributed by atoms with Crippen molar-refractivity contribution in [2.75, 3.05) is 11.9 Å². The minimum absolute atomic E-state index is 0.0374. The number of nitro groups is 1. The fourth-order valence-corrected chi connectivity index (χ4v) is 3.38. The molecule has 8 nitrogen and oxygen atoms in total. The van der Waals surface area contributed by atoms with Crippen molar-refractivity contribution in [2.24, 2.45) is 0 Å². The summed E-state index contributed by atoms with van der Waals surface area (Å²) < 4.78 is 11.3. The second-order valence-corrected chi connectivity index (χ2v) is 7.99. The number of amides is 1. The zero-order valence-electron chi connectivity index (χ0n) is 18.5. The van der Waals surface area contributed by atoms with Crippen molar-refractivity contribution >= 4 is 28.4 Å². The number of nitrogens with zero attached hydrogens (tertiary/aromatic N) is 2. The van der Waals surface area contributed by atoms with Crippen molar-refractivity contribution in [3.05, 3.63) is 81.9 Å². The number of carbonyl (C=O) groups excluding carboxylic acids is 1. The lowest BCUT2D eigenvalue weighted by Gasteiger charge is -2.10. The Morgan fingerprint density at radius 3 is 2.70 bits per heavy atom. The van der Waals surface area contributed by atoms with E-state index in [-0.39, 0.29) is 18.0 Å². The Kier molecular flexibility index (Phi) is 6.08. The summed E-state index contributed by atoms with van der Waals surface area (Å²) in [7, 11) is 0.